The topological polar surface area (TPSA) is 89.0 Å². The minimum absolute atomic E-state index is 0.0933. The summed E-state index contributed by atoms with van der Waals surface area (Å²) in [6, 6.07) is 19.6. The normalized spacial score (nSPS) is 10.6. The predicted molar refractivity (Wildman–Crippen MR) is 127 cm³/mol. The molecule has 32 heavy (non-hydrogen) atoms. The molecule has 3 aromatic carbocycles. The summed E-state index contributed by atoms with van der Waals surface area (Å²) in [5.74, 6) is -0.138. The molecule has 0 heterocycles. The molecule has 0 atom stereocenters. The van der Waals surface area contributed by atoms with Crippen LogP contribution in [-0.4, -0.2) is 31.7 Å². The Bertz CT molecular complexity index is 1150. The lowest BCUT2D eigenvalue weighted by atomic mass is 10.2. The lowest BCUT2D eigenvalue weighted by Crippen LogP contribution is -2.26. The molecule has 8 heteroatoms. The molecule has 7 nitrogen and oxygen atoms in total. The van der Waals surface area contributed by atoms with Crippen LogP contribution in [0.3, 0.4) is 0 Å². The Morgan fingerprint density at radius 3 is 2.59 bits per heavy atom. The van der Waals surface area contributed by atoms with Gasteiger partial charge in [0.05, 0.1) is 25.4 Å². The van der Waals surface area contributed by atoms with E-state index in [-0.39, 0.29) is 18.2 Å². The third-order valence-electron chi connectivity index (χ3n) is 4.44. The fourth-order valence-electron chi connectivity index (χ4n) is 2.79. The van der Waals surface area contributed by atoms with Crippen LogP contribution in [0.15, 0.2) is 76.3 Å². The zero-order chi connectivity index (χ0) is 22.9. The van der Waals surface area contributed by atoms with Crippen LogP contribution in [0.1, 0.15) is 21.5 Å². The zero-order valence-electron chi connectivity index (χ0n) is 17.6. The number of hydrogen-bond donors (Lipinski definition) is 2. The van der Waals surface area contributed by atoms with Gasteiger partial charge in [-0.05, 0) is 60.5 Å². The van der Waals surface area contributed by atoms with Gasteiger partial charge in [0.15, 0.2) is 11.5 Å². The molecule has 0 aliphatic carbocycles. The smallest absolute Gasteiger partial charge is 0.343 e. The minimum atomic E-state index is -0.501. The summed E-state index contributed by atoms with van der Waals surface area (Å²) >= 11 is 3.33. The van der Waals surface area contributed by atoms with Crippen LogP contribution in [0.5, 0.6) is 11.5 Å². The van der Waals surface area contributed by atoms with Crippen molar-refractivity contribution in [3.05, 3.63) is 87.9 Å². The molecule has 3 rings (SSSR count). The van der Waals surface area contributed by atoms with Gasteiger partial charge in [0.25, 0.3) is 5.91 Å². The molecular weight excluding hydrogens is 474 g/mol. The van der Waals surface area contributed by atoms with Gasteiger partial charge in [0, 0.05) is 10.2 Å². The van der Waals surface area contributed by atoms with Crippen LogP contribution < -0.4 is 20.2 Å². The van der Waals surface area contributed by atoms with Gasteiger partial charge in [0.1, 0.15) is 0 Å². The first-order valence-electron chi connectivity index (χ1n) is 9.73. The van der Waals surface area contributed by atoms with Gasteiger partial charge < -0.3 is 14.8 Å². The minimum Gasteiger partial charge on any atom is -0.493 e. The quantitative estimate of drug-likeness (QED) is 0.207. The number of nitrogens with zero attached hydrogens (tertiary/aromatic N) is 1. The number of anilines is 1. The van der Waals surface area contributed by atoms with Crippen molar-refractivity contribution < 1.29 is 19.1 Å². The van der Waals surface area contributed by atoms with Crippen molar-refractivity contribution >= 4 is 39.7 Å². The Morgan fingerprint density at radius 1 is 1.03 bits per heavy atom. The number of aryl methyl sites for hydroxylation is 1. The number of hydrazone groups is 1. The molecular formula is C24H22BrN3O4. The zero-order valence-corrected chi connectivity index (χ0v) is 19.2. The number of carbonyl (C=O) groups excluding carboxylic acids is 2. The van der Waals surface area contributed by atoms with Gasteiger partial charge >= 0.3 is 5.97 Å². The molecule has 0 saturated heterocycles. The molecule has 0 bridgehead atoms. The SMILES string of the molecule is COc1cc(C=NNC(=O)CNc2ccccc2C)ccc1OC(=O)c1cccc(Br)c1. The van der Waals surface area contributed by atoms with Crippen LogP contribution in [-0.2, 0) is 4.79 Å². The number of methoxy groups -OCH3 is 1. The Morgan fingerprint density at radius 2 is 1.84 bits per heavy atom. The summed E-state index contributed by atoms with van der Waals surface area (Å²) in [6.45, 7) is 2.06. The highest BCUT2D eigenvalue weighted by Gasteiger charge is 2.13. The summed E-state index contributed by atoms with van der Waals surface area (Å²) in [5.41, 5.74) is 5.49. The van der Waals surface area contributed by atoms with E-state index >= 15 is 0 Å². The Labute approximate surface area is 194 Å². The molecule has 2 N–H and O–H groups in total. The summed E-state index contributed by atoms with van der Waals surface area (Å²) in [5, 5.41) is 7.03. The van der Waals surface area contributed by atoms with Crippen LogP contribution in [0.25, 0.3) is 0 Å². The van der Waals surface area contributed by atoms with E-state index in [0.29, 0.717) is 16.9 Å². The van der Waals surface area contributed by atoms with Crippen LogP contribution in [0.2, 0.25) is 0 Å². The third kappa shape index (κ3) is 6.42. The summed E-state index contributed by atoms with van der Waals surface area (Å²) < 4.78 is 11.6. The van der Waals surface area contributed by atoms with Crippen molar-refractivity contribution in [3.63, 3.8) is 0 Å². The lowest BCUT2D eigenvalue weighted by Gasteiger charge is -2.10. The number of para-hydroxylation sites is 1. The second kappa shape index (κ2) is 11.1. The first-order valence-corrected chi connectivity index (χ1v) is 10.5. The highest BCUT2D eigenvalue weighted by Crippen LogP contribution is 2.28. The number of halogens is 1. The molecule has 1 amide bonds. The highest BCUT2D eigenvalue weighted by molar-refractivity contribution is 9.10. The Hall–Kier alpha value is -3.65. The molecule has 3 aromatic rings. The van der Waals surface area contributed by atoms with Crippen molar-refractivity contribution in [2.45, 2.75) is 6.92 Å². The molecule has 0 aromatic heterocycles. The van der Waals surface area contributed by atoms with E-state index in [0.717, 1.165) is 15.7 Å². The number of benzene rings is 3. The van der Waals surface area contributed by atoms with E-state index in [2.05, 4.69) is 31.8 Å². The summed E-state index contributed by atoms with van der Waals surface area (Å²) in [7, 11) is 1.48. The molecule has 164 valence electrons. The maximum Gasteiger partial charge on any atom is 0.343 e. The fraction of sp³-hybridized carbons (Fsp3) is 0.125. The van der Waals surface area contributed by atoms with E-state index in [1.54, 1.807) is 36.4 Å². The standard InChI is InChI=1S/C24H22BrN3O4/c1-16-6-3-4-9-20(16)26-15-23(29)28-27-14-17-10-11-21(22(12-17)31-2)32-24(30)18-7-5-8-19(25)13-18/h3-14,26H,15H2,1-2H3,(H,28,29). The Kier molecular flexibility index (Phi) is 7.99. The van der Waals surface area contributed by atoms with Gasteiger partial charge in [-0.3, -0.25) is 4.79 Å². The number of ether oxygens (including phenoxy) is 2. The van der Waals surface area contributed by atoms with E-state index in [9.17, 15) is 9.59 Å². The first-order chi connectivity index (χ1) is 15.5. The average Bonchev–Trinajstić information content (AvgIpc) is 2.79. The van der Waals surface area contributed by atoms with Crippen molar-refractivity contribution in [1.29, 1.82) is 0 Å². The molecule has 0 aliphatic heterocycles. The number of carbonyl (C=O) groups is 2. The molecule has 0 radical (unpaired) electrons. The second-order valence-corrected chi connectivity index (χ2v) is 7.69. The first kappa shape index (κ1) is 23.0. The third-order valence-corrected chi connectivity index (χ3v) is 4.93. The van der Waals surface area contributed by atoms with Gasteiger partial charge in [-0.25, -0.2) is 10.2 Å². The van der Waals surface area contributed by atoms with Crippen molar-refractivity contribution in [2.24, 2.45) is 5.10 Å². The van der Waals surface area contributed by atoms with E-state index in [1.165, 1.54) is 13.3 Å². The predicted octanol–water partition coefficient (Wildman–Crippen LogP) is 4.55. The number of rotatable bonds is 8. The van der Waals surface area contributed by atoms with Gasteiger partial charge in [0.2, 0.25) is 0 Å². The number of hydrogen-bond acceptors (Lipinski definition) is 6. The fourth-order valence-corrected chi connectivity index (χ4v) is 3.19. The van der Waals surface area contributed by atoms with Crippen LogP contribution in [0.4, 0.5) is 5.69 Å². The number of esters is 1. The van der Waals surface area contributed by atoms with E-state index in [4.69, 9.17) is 9.47 Å². The molecule has 0 spiro atoms. The maximum absolute atomic E-state index is 12.4. The highest BCUT2D eigenvalue weighted by atomic mass is 79.9. The molecule has 0 fully saturated rings. The van der Waals surface area contributed by atoms with Crippen LogP contribution in [0, 0.1) is 6.92 Å². The Balaban J connectivity index is 1.58. The average molecular weight is 496 g/mol. The summed E-state index contributed by atoms with van der Waals surface area (Å²) in [6.07, 6.45) is 1.48. The van der Waals surface area contributed by atoms with Gasteiger partial charge in [-0.15, -0.1) is 0 Å². The second-order valence-electron chi connectivity index (χ2n) is 6.77. The van der Waals surface area contributed by atoms with Crippen molar-refractivity contribution in [2.75, 3.05) is 19.0 Å². The largest absolute Gasteiger partial charge is 0.493 e. The van der Waals surface area contributed by atoms with Crippen molar-refractivity contribution in [1.82, 2.24) is 5.43 Å². The van der Waals surface area contributed by atoms with E-state index in [1.807, 2.05) is 37.3 Å². The molecule has 0 aliphatic rings. The maximum atomic E-state index is 12.4. The van der Waals surface area contributed by atoms with E-state index < -0.39 is 5.97 Å². The van der Waals surface area contributed by atoms with Gasteiger partial charge in [-0.2, -0.15) is 5.10 Å². The molecule has 0 saturated carbocycles. The number of nitrogens with one attached hydrogen (secondary N) is 2. The van der Waals surface area contributed by atoms with Crippen LogP contribution >= 0.6 is 15.9 Å². The monoisotopic (exact) mass is 495 g/mol. The summed E-state index contributed by atoms with van der Waals surface area (Å²) in [4.78, 5) is 24.4. The van der Waals surface area contributed by atoms with Crippen molar-refractivity contribution in [3.8, 4) is 11.5 Å². The molecule has 0 unspecified atom stereocenters. The number of amides is 1. The lowest BCUT2D eigenvalue weighted by molar-refractivity contribution is -0.119. The van der Waals surface area contributed by atoms with Gasteiger partial charge in [-0.1, -0.05) is 40.2 Å².